The second-order valence-corrected chi connectivity index (χ2v) is 5.13. The number of carboxylic acids is 1. The van der Waals surface area contributed by atoms with Gasteiger partial charge in [-0.15, -0.1) is 0 Å². The van der Waals surface area contributed by atoms with E-state index >= 15 is 0 Å². The van der Waals surface area contributed by atoms with Gasteiger partial charge in [0.2, 0.25) is 11.8 Å². The highest BCUT2D eigenvalue weighted by Gasteiger charge is 2.48. The summed E-state index contributed by atoms with van der Waals surface area (Å²) in [7, 11) is 0. The van der Waals surface area contributed by atoms with Crippen molar-refractivity contribution in [1.82, 2.24) is 0 Å². The molecule has 1 aromatic rings. The zero-order valence-corrected chi connectivity index (χ0v) is 11.0. The molecule has 5 nitrogen and oxygen atoms in total. The largest absolute Gasteiger partial charge is 0.478 e. The molecule has 2 amide bonds. The Balaban J connectivity index is 2.09. The molecule has 2 unspecified atom stereocenters. The SMILES string of the molecule is O=C(O)c1ccc(F)cc1N1C(=O)C2CC=CCC2C1=O. The molecule has 1 aliphatic heterocycles. The minimum Gasteiger partial charge on any atom is -0.478 e. The Morgan fingerprint density at radius 1 is 1.14 bits per heavy atom. The van der Waals surface area contributed by atoms with Crippen LogP contribution in [-0.4, -0.2) is 22.9 Å². The Hall–Kier alpha value is -2.50. The first kappa shape index (κ1) is 13.5. The average molecular weight is 289 g/mol. The van der Waals surface area contributed by atoms with Gasteiger partial charge in [-0.05, 0) is 31.0 Å². The molecular formula is C15H12FNO4. The molecule has 0 aromatic heterocycles. The van der Waals surface area contributed by atoms with Crippen LogP contribution in [0, 0.1) is 17.7 Å². The van der Waals surface area contributed by atoms with Crippen LogP contribution in [0.3, 0.4) is 0 Å². The Kier molecular flexibility index (Phi) is 3.08. The Morgan fingerprint density at radius 3 is 2.24 bits per heavy atom. The number of amides is 2. The summed E-state index contributed by atoms with van der Waals surface area (Å²) >= 11 is 0. The molecular weight excluding hydrogens is 277 g/mol. The summed E-state index contributed by atoms with van der Waals surface area (Å²) in [5, 5.41) is 9.16. The van der Waals surface area contributed by atoms with E-state index in [9.17, 15) is 18.8 Å². The van der Waals surface area contributed by atoms with E-state index in [1.54, 1.807) is 0 Å². The van der Waals surface area contributed by atoms with E-state index in [0.717, 1.165) is 23.1 Å². The number of carbonyl (C=O) groups excluding carboxylic acids is 2. The first-order valence-electron chi connectivity index (χ1n) is 6.56. The van der Waals surface area contributed by atoms with Crippen LogP contribution in [0.4, 0.5) is 10.1 Å². The Labute approximate surface area is 119 Å². The molecule has 2 atom stereocenters. The normalized spacial score (nSPS) is 24.3. The van der Waals surface area contributed by atoms with E-state index in [-0.39, 0.29) is 11.3 Å². The molecule has 108 valence electrons. The lowest BCUT2D eigenvalue weighted by molar-refractivity contribution is -0.122. The van der Waals surface area contributed by atoms with Gasteiger partial charge in [-0.1, -0.05) is 12.2 Å². The molecule has 0 bridgehead atoms. The van der Waals surface area contributed by atoms with E-state index in [2.05, 4.69) is 0 Å². The van der Waals surface area contributed by atoms with Crippen molar-refractivity contribution in [3.05, 3.63) is 41.7 Å². The third kappa shape index (κ3) is 2.03. The molecule has 21 heavy (non-hydrogen) atoms. The van der Waals surface area contributed by atoms with Crippen molar-refractivity contribution < 1.29 is 23.9 Å². The van der Waals surface area contributed by atoms with Crippen molar-refractivity contribution >= 4 is 23.5 Å². The van der Waals surface area contributed by atoms with Crippen LogP contribution in [-0.2, 0) is 9.59 Å². The van der Waals surface area contributed by atoms with E-state index < -0.39 is 35.4 Å². The van der Waals surface area contributed by atoms with Crippen molar-refractivity contribution in [1.29, 1.82) is 0 Å². The predicted octanol–water partition coefficient (Wildman–Crippen LogP) is 1.98. The number of fused-ring (bicyclic) bond motifs is 1. The molecule has 1 fully saturated rings. The van der Waals surface area contributed by atoms with Crippen LogP contribution >= 0.6 is 0 Å². The maximum absolute atomic E-state index is 13.4. The van der Waals surface area contributed by atoms with E-state index in [4.69, 9.17) is 5.11 Å². The number of aromatic carboxylic acids is 1. The van der Waals surface area contributed by atoms with Crippen molar-refractivity contribution in [3.63, 3.8) is 0 Å². The highest BCUT2D eigenvalue weighted by atomic mass is 19.1. The minimum atomic E-state index is -1.31. The van der Waals surface area contributed by atoms with Gasteiger partial charge in [-0.3, -0.25) is 9.59 Å². The van der Waals surface area contributed by atoms with Gasteiger partial charge >= 0.3 is 5.97 Å². The first-order valence-corrected chi connectivity index (χ1v) is 6.56. The van der Waals surface area contributed by atoms with Crippen LogP contribution in [0.15, 0.2) is 30.4 Å². The quantitative estimate of drug-likeness (QED) is 0.667. The number of carbonyl (C=O) groups is 3. The maximum Gasteiger partial charge on any atom is 0.337 e. The van der Waals surface area contributed by atoms with Crippen molar-refractivity contribution in [2.75, 3.05) is 4.90 Å². The smallest absolute Gasteiger partial charge is 0.337 e. The number of carboxylic acid groups (broad SMARTS) is 1. The van der Waals surface area contributed by atoms with Gasteiger partial charge < -0.3 is 5.11 Å². The van der Waals surface area contributed by atoms with Gasteiger partial charge in [-0.2, -0.15) is 0 Å². The van der Waals surface area contributed by atoms with Crippen molar-refractivity contribution in [2.24, 2.45) is 11.8 Å². The minimum absolute atomic E-state index is 0.188. The number of rotatable bonds is 2. The average Bonchev–Trinajstić information content (AvgIpc) is 2.71. The monoisotopic (exact) mass is 289 g/mol. The lowest BCUT2D eigenvalue weighted by Gasteiger charge is -2.17. The topological polar surface area (TPSA) is 74.7 Å². The molecule has 1 aliphatic carbocycles. The molecule has 1 N–H and O–H groups in total. The fraction of sp³-hybridized carbons (Fsp3) is 0.267. The van der Waals surface area contributed by atoms with E-state index in [1.807, 2.05) is 12.2 Å². The summed E-state index contributed by atoms with van der Waals surface area (Å²) in [5.74, 6) is -3.87. The summed E-state index contributed by atoms with van der Waals surface area (Å²) < 4.78 is 13.4. The van der Waals surface area contributed by atoms with Crippen LogP contribution in [0.25, 0.3) is 0 Å². The Bertz CT molecular complexity index is 656. The molecule has 1 saturated heterocycles. The number of halogens is 1. The molecule has 2 aliphatic rings. The van der Waals surface area contributed by atoms with E-state index in [0.29, 0.717) is 12.8 Å². The van der Waals surface area contributed by atoms with Crippen LogP contribution in [0.2, 0.25) is 0 Å². The van der Waals surface area contributed by atoms with Gasteiger partial charge in [0, 0.05) is 0 Å². The van der Waals surface area contributed by atoms with Gasteiger partial charge in [0.25, 0.3) is 0 Å². The molecule has 0 saturated carbocycles. The summed E-state index contributed by atoms with van der Waals surface area (Å²) in [5.41, 5.74) is -0.448. The molecule has 3 rings (SSSR count). The third-order valence-corrected chi connectivity index (χ3v) is 3.94. The zero-order valence-electron chi connectivity index (χ0n) is 11.0. The number of allylic oxidation sites excluding steroid dienone is 2. The molecule has 6 heteroatoms. The molecule has 1 aromatic carbocycles. The van der Waals surface area contributed by atoms with Crippen LogP contribution in [0.1, 0.15) is 23.2 Å². The third-order valence-electron chi connectivity index (χ3n) is 3.94. The highest BCUT2D eigenvalue weighted by Crippen LogP contribution is 2.38. The van der Waals surface area contributed by atoms with Gasteiger partial charge in [0.05, 0.1) is 23.1 Å². The number of hydrogen-bond acceptors (Lipinski definition) is 3. The molecule has 0 spiro atoms. The summed E-state index contributed by atoms with van der Waals surface area (Å²) in [4.78, 5) is 36.8. The number of imide groups is 1. The van der Waals surface area contributed by atoms with Crippen LogP contribution in [0.5, 0.6) is 0 Å². The van der Waals surface area contributed by atoms with Gasteiger partial charge in [-0.25, -0.2) is 14.1 Å². The number of benzene rings is 1. The second kappa shape index (κ2) is 4.80. The lowest BCUT2D eigenvalue weighted by atomic mass is 9.85. The highest BCUT2D eigenvalue weighted by molar-refractivity contribution is 6.23. The van der Waals surface area contributed by atoms with Gasteiger partial charge in [0.15, 0.2) is 0 Å². The fourth-order valence-corrected chi connectivity index (χ4v) is 2.91. The van der Waals surface area contributed by atoms with Crippen LogP contribution < -0.4 is 4.90 Å². The standard InChI is InChI=1S/C15H12FNO4/c16-8-5-6-11(15(20)21)12(7-8)17-13(18)9-3-1-2-4-10(9)14(17)19/h1-2,5-7,9-10H,3-4H2,(H,20,21). The fourth-order valence-electron chi connectivity index (χ4n) is 2.91. The number of nitrogens with zero attached hydrogens (tertiary/aromatic N) is 1. The van der Waals surface area contributed by atoms with Crippen molar-refractivity contribution in [2.45, 2.75) is 12.8 Å². The second-order valence-electron chi connectivity index (χ2n) is 5.13. The Morgan fingerprint density at radius 2 is 1.71 bits per heavy atom. The van der Waals surface area contributed by atoms with Crippen molar-refractivity contribution in [3.8, 4) is 0 Å². The summed E-state index contributed by atoms with van der Waals surface area (Å²) in [6.45, 7) is 0. The molecule has 0 radical (unpaired) electrons. The predicted molar refractivity (Wildman–Crippen MR) is 71.2 cm³/mol. The van der Waals surface area contributed by atoms with Gasteiger partial charge in [0.1, 0.15) is 5.82 Å². The summed E-state index contributed by atoms with van der Waals surface area (Å²) in [6.07, 6.45) is 4.56. The number of anilines is 1. The molecule has 1 heterocycles. The lowest BCUT2D eigenvalue weighted by Crippen LogP contribution is -2.32. The summed E-state index contributed by atoms with van der Waals surface area (Å²) in [6, 6.07) is 2.98. The first-order chi connectivity index (χ1) is 10.0. The number of hydrogen-bond donors (Lipinski definition) is 1. The van der Waals surface area contributed by atoms with E-state index in [1.165, 1.54) is 0 Å². The maximum atomic E-state index is 13.4. The zero-order chi connectivity index (χ0) is 15.1.